The molecular weight excluding hydrogens is 294 g/mol. The summed E-state index contributed by atoms with van der Waals surface area (Å²) in [6.45, 7) is 2.42. The Balaban J connectivity index is 1.85. The number of hydrogen-bond donors (Lipinski definition) is 1. The number of nitrogens with one attached hydrogen (secondary N) is 1. The monoisotopic (exact) mass is 311 g/mol. The second-order valence-electron chi connectivity index (χ2n) is 4.84. The van der Waals surface area contributed by atoms with E-state index >= 15 is 0 Å². The number of methoxy groups -OCH3 is 1. The van der Waals surface area contributed by atoms with Gasteiger partial charge in [0, 0.05) is 5.56 Å². The van der Waals surface area contributed by atoms with Crippen molar-refractivity contribution in [1.82, 2.24) is 9.66 Å². The van der Waals surface area contributed by atoms with Crippen LogP contribution in [-0.4, -0.2) is 29.3 Å². The van der Waals surface area contributed by atoms with Crippen LogP contribution in [0.5, 0.6) is 11.5 Å². The molecular formula is C17H17N3O3. The molecule has 0 saturated carbocycles. The average molecular weight is 311 g/mol. The van der Waals surface area contributed by atoms with Gasteiger partial charge in [0.05, 0.1) is 24.8 Å². The van der Waals surface area contributed by atoms with Gasteiger partial charge in [0.1, 0.15) is 6.33 Å². The number of ether oxygens (including phenoxy) is 2. The van der Waals surface area contributed by atoms with Crippen LogP contribution in [0.3, 0.4) is 0 Å². The first-order valence-electron chi connectivity index (χ1n) is 7.27. The summed E-state index contributed by atoms with van der Waals surface area (Å²) in [7, 11) is 1.54. The summed E-state index contributed by atoms with van der Waals surface area (Å²) in [6, 6.07) is 12.6. The molecule has 0 aliphatic heterocycles. The van der Waals surface area contributed by atoms with Gasteiger partial charge in [0.2, 0.25) is 0 Å². The minimum absolute atomic E-state index is 0.255. The number of nitrogens with zero attached hydrogens (tertiary/aromatic N) is 2. The Labute approximate surface area is 133 Å². The number of carbonyl (C=O) groups is 1. The van der Waals surface area contributed by atoms with Crippen LogP contribution in [0.4, 0.5) is 0 Å². The van der Waals surface area contributed by atoms with E-state index in [1.807, 2.05) is 31.2 Å². The molecule has 6 nitrogen and oxygen atoms in total. The van der Waals surface area contributed by atoms with Crippen molar-refractivity contribution in [3.8, 4) is 11.5 Å². The van der Waals surface area contributed by atoms with Gasteiger partial charge in [-0.15, -0.1) is 0 Å². The molecule has 3 rings (SSSR count). The maximum absolute atomic E-state index is 12.4. The van der Waals surface area contributed by atoms with Gasteiger partial charge in [-0.3, -0.25) is 10.2 Å². The second-order valence-corrected chi connectivity index (χ2v) is 4.84. The van der Waals surface area contributed by atoms with Gasteiger partial charge < -0.3 is 9.47 Å². The first-order chi connectivity index (χ1) is 11.2. The number of rotatable bonds is 5. The number of aromatic nitrogens is 2. The highest BCUT2D eigenvalue weighted by atomic mass is 16.5. The van der Waals surface area contributed by atoms with Crippen LogP contribution >= 0.6 is 0 Å². The molecule has 0 fully saturated rings. The normalized spacial score (nSPS) is 10.5. The maximum atomic E-state index is 12.4. The number of amides is 1. The van der Waals surface area contributed by atoms with E-state index in [4.69, 9.17) is 9.47 Å². The van der Waals surface area contributed by atoms with E-state index in [-0.39, 0.29) is 5.91 Å². The van der Waals surface area contributed by atoms with Crippen molar-refractivity contribution in [3.63, 3.8) is 0 Å². The highest BCUT2D eigenvalue weighted by molar-refractivity contribution is 6.01. The van der Waals surface area contributed by atoms with E-state index in [0.29, 0.717) is 23.7 Å². The quantitative estimate of drug-likeness (QED) is 0.787. The lowest BCUT2D eigenvalue weighted by Crippen LogP contribution is -2.22. The maximum Gasteiger partial charge on any atom is 0.270 e. The Morgan fingerprint density at radius 2 is 2.04 bits per heavy atom. The predicted molar refractivity (Wildman–Crippen MR) is 87.6 cm³/mol. The first kappa shape index (κ1) is 14.9. The molecule has 0 spiro atoms. The van der Waals surface area contributed by atoms with Crippen molar-refractivity contribution in [3.05, 3.63) is 54.4 Å². The van der Waals surface area contributed by atoms with Gasteiger partial charge in [0.15, 0.2) is 11.5 Å². The fourth-order valence-corrected chi connectivity index (χ4v) is 2.31. The summed E-state index contributed by atoms with van der Waals surface area (Å²) >= 11 is 0. The lowest BCUT2D eigenvalue weighted by Gasteiger charge is -2.11. The zero-order valence-electron chi connectivity index (χ0n) is 12.9. The van der Waals surface area contributed by atoms with Crippen LogP contribution in [0.2, 0.25) is 0 Å². The van der Waals surface area contributed by atoms with Crippen molar-refractivity contribution in [2.24, 2.45) is 0 Å². The second kappa shape index (κ2) is 6.39. The highest BCUT2D eigenvalue weighted by Gasteiger charge is 2.12. The minimum Gasteiger partial charge on any atom is -0.493 e. The van der Waals surface area contributed by atoms with E-state index in [1.165, 1.54) is 0 Å². The summed E-state index contributed by atoms with van der Waals surface area (Å²) in [5, 5.41) is 0. The van der Waals surface area contributed by atoms with Crippen LogP contribution in [-0.2, 0) is 0 Å². The SMILES string of the molecule is CCOc1ccc(C(=O)Nn2cnc3ccccc32)cc1OC. The lowest BCUT2D eigenvalue weighted by atomic mass is 10.2. The lowest BCUT2D eigenvalue weighted by molar-refractivity contribution is 0.101. The molecule has 0 aliphatic rings. The van der Waals surface area contributed by atoms with E-state index in [0.717, 1.165) is 11.0 Å². The van der Waals surface area contributed by atoms with Crippen molar-refractivity contribution < 1.29 is 14.3 Å². The Morgan fingerprint density at radius 3 is 2.83 bits per heavy atom. The van der Waals surface area contributed by atoms with Crippen LogP contribution in [0.1, 0.15) is 17.3 Å². The summed E-state index contributed by atoms with van der Waals surface area (Å²) in [5.74, 6) is 0.879. The largest absolute Gasteiger partial charge is 0.493 e. The summed E-state index contributed by atoms with van der Waals surface area (Å²) in [4.78, 5) is 16.7. The molecule has 0 radical (unpaired) electrons. The molecule has 1 N–H and O–H groups in total. The van der Waals surface area contributed by atoms with Crippen LogP contribution < -0.4 is 14.9 Å². The number of carbonyl (C=O) groups excluding carboxylic acids is 1. The van der Waals surface area contributed by atoms with Crippen molar-refractivity contribution in [2.45, 2.75) is 6.92 Å². The predicted octanol–water partition coefficient (Wildman–Crippen LogP) is 2.83. The van der Waals surface area contributed by atoms with Gasteiger partial charge in [0.25, 0.3) is 5.91 Å². The molecule has 1 aromatic heterocycles. The number of fused-ring (bicyclic) bond motifs is 1. The molecule has 0 saturated heterocycles. The molecule has 3 aromatic rings. The standard InChI is InChI=1S/C17H17N3O3/c1-3-23-15-9-8-12(10-16(15)22-2)17(21)19-20-11-18-13-6-4-5-7-14(13)20/h4-11H,3H2,1-2H3,(H,19,21). The van der Waals surface area contributed by atoms with Crippen molar-refractivity contribution in [2.75, 3.05) is 19.1 Å². The minimum atomic E-state index is -0.255. The van der Waals surface area contributed by atoms with Crippen LogP contribution in [0, 0.1) is 0 Å². The van der Waals surface area contributed by atoms with Gasteiger partial charge in [-0.1, -0.05) is 12.1 Å². The van der Waals surface area contributed by atoms with E-state index < -0.39 is 0 Å². The van der Waals surface area contributed by atoms with E-state index in [9.17, 15) is 4.79 Å². The van der Waals surface area contributed by atoms with Crippen LogP contribution in [0.25, 0.3) is 11.0 Å². The highest BCUT2D eigenvalue weighted by Crippen LogP contribution is 2.28. The Hall–Kier alpha value is -3.02. The number of benzene rings is 2. The van der Waals surface area contributed by atoms with Gasteiger partial charge in [-0.05, 0) is 37.3 Å². The number of hydrogen-bond acceptors (Lipinski definition) is 4. The van der Waals surface area contributed by atoms with Crippen LogP contribution in [0.15, 0.2) is 48.8 Å². The van der Waals surface area contributed by atoms with Crippen molar-refractivity contribution in [1.29, 1.82) is 0 Å². The topological polar surface area (TPSA) is 65.4 Å². The molecule has 0 unspecified atom stereocenters. The molecule has 23 heavy (non-hydrogen) atoms. The average Bonchev–Trinajstić information content (AvgIpc) is 2.98. The summed E-state index contributed by atoms with van der Waals surface area (Å²) in [5.41, 5.74) is 4.93. The third kappa shape index (κ3) is 2.96. The Morgan fingerprint density at radius 1 is 1.22 bits per heavy atom. The fraction of sp³-hybridized carbons (Fsp3) is 0.176. The molecule has 0 atom stereocenters. The zero-order chi connectivity index (χ0) is 16.2. The number of para-hydroxylation sites is 2. The fourth-order valence-electron chi connectivity index (χ4n) is 2.31. The van der Waals surface area contributed by atoms with Gasteiger partial charge >= 0.3 is 0 Å². The summed E-state index contributed by atoms with van der Waals surface area (Å²) in [6.07, 6.45) is 1.58. The Bertz CT molecular complexity index is 842. The van der Waals surface area contributed by atoms with Gasteiger partial charge in [-0.25, -0.2) is 9.66 Å². The Kier molecular flexibility index (Phi) is 4.14. The third-order valence-electron chi connectivity index (χ3n) is 3.40. The third-order valence-corrected chi connectivity index (χ3v) is 3.40. The molecule has 1 amide bonds. The smallest absolute Gasteiger partial charge is 0.270 e. The first-order valence-corrected chi connectivity index (χ1v) is 7.27. The molecule has 118 valence electrons. The summed E-state index contributed by atoms with van der Waals surface area (Å²) < 4.78 is 12.3. The van der Waals surface area contributed by atoms with E-state index in [1.54, 1.807) is 36.3 Å². The van der Waals surface area contributed by atoms with Gasteiger partial charge in [-0.2, -0.15) is 0 Å². The molecule has 2 aromatic carbocycles. The zero-order valence-corrected chi connectivity index (χ0v) is 12.9. The molecule has 0 aliphatic carbocycles. The van der Waals surface area contributed by atoms with Crippen molar-refractivity contribution >= 4 is 16.9 Å². The van der Waals surface area contributed by atoms with E-state index in [2.05, 4.69) is 10.4 Å². The molecule has 1 heterocycles. The molecule has 6 heteroatoms. The molecule has 0 bridgehead atoms. The number of imidazole rings is 1.